The van der Waals surface area contributed by atoms with E-state index in [1.54, 1.807) is 24.3 Å². The first-order chi connectivity index (χ1) is 11.5. The van der Waals surface area contributed by atoms with Crippen LogP contribution in [0.5, 0.6) is 11.5 Å². The van der Waals surface area contributed by atoms with Crippen molar-refractivity contribution in [3.63, 3.8) is 0 Å². The molecule has 0 atom stereocenters. The lowest BCUT2D eigenvalue weighted by atomic mass is 10.1. The molecule has 0 aliphatic rings. The minimum atomic E-state index is -0.740. The Bertz CT molecular complexity index is 721. The Labute approximate surface area is 140 Å². The second-order valence-corrected chi connectivity index (χ2v) is 5.72. The van der Waals surface area contributed by atoms with Crippen LogP contribution in [-0.4, -0.2) is 23.7 Å². The second-order valence-electron chi connectivity index (χ2n) is 5.72. The predicted octanol–water partition coefficient (Wildman–Crippen LogP) is 3.81. The number of benzene rings is 2. The van der Waals surface area contributed by atoms with Gasteiger partial charge in [0.25, 0.3) is 0 Å². The fourth-order valence-corrected chi connectivity index (χ4v) is 1.99. The lowest BCUT2D eigenvalue weighted by Crippen LogP contribution is -2.14. The molecule has 5 nitrogen and oxygen atoms in total. The maximum absolute atomic E-state index is 12.2. The van der Waals surface area contributed by atoms with E-state index in [2.05, 4.69) is 0 Å². The zero-order chi connectivity index (χ0) is 17.5. The highest BCUT2D eigenvalue weighted by Gasteiger charge is 2.18. The molecule has 0 saturated heterocycles. The zero-order valence-electron chi connectivity index (χ0n) is 13.7. The molecule has 1 N–H and O–H groups in total. The van der Waals surface area contributed by atoms with Gasteiger partial charge in [-0.1, -0.05) is 38.1 Å². The standard InChI is InChI=1S/C19H20O5/c1-13(2)11-12-23-18(21)15-8-4-6-10-17(15)24-19(22)14-7-3-5-9-16(14)20/h3-10,13,20H,11-12H2,1-2H3. The molecular formula is C19H20O5. The van der Waals surface area contributed by atoms with Crippen molar-refractivity contribution in [2.45, 2.75) is 20.3 Å². The highest BCUT2D eigenvalue weighted by Crippen LogP contribution is 2.23. The number of carbonyl (C=O) groups excluding carboxylic acids is 2. The average Bonchev–Trinajstić information content (AvgIpc) is 2.55. The predicted molar refractivity (Wildman–Crippen MR) is 89.2 cm³/mol. The van der Waals surface area contributed by atoms with Crippen LogP contribution in [0.2, 0.25) is 0 Å². The molecule has 5 heteroatoms. The number of phenols is 1. The number of hydrogen-bond donors (Lipinski definition) is 1. The van der Waals surface area contributed by atoms with E-state index < -0.39 is 11.9 Å². The Hall–Kier alpha value is -2.82. The van der Waals surface area contributed by atoms with Crippen molar-refractivity contribution in [3.05, 3.63) is 59.7 Å². The SMILES string of the molecule is CC(C)CCOC(=O)c1ccccc1OC(=O)c1ccccc1O. The third-order valence-corrected chi connectivity index (χ3v) is 3.36. The summed E-state index contributed by atoms with van der Waals surface area (Å²) in [6, 6.07) is 12.4. The molecule has 0 aromatic heterocycles. The van der Waals surface area contributed by atoms with Crippen LogP contribution in [0.4, 0.5) is 0 Å². The molecule has 0 radical (unpaired) electrons. The minimum absolute atomic E-state index is 0.0282. The molecule has 0 amide bonds. The number of aromatic hydroxyl groups is 1. The number of carbonyl (C=O) groups is 2. The van der Waals surface area contributed by atoms with Crippen LogP contribution in [0.3, 0.4) is 0 Å². The summed E-state index contributed by atoms with van der Waals surface area (Å²) in [5, 5.41) is 9.71. The summed E-state index contributed by atoms with van der Waals surface area (Å²) in [4.78, 5) is 24.3. The monoisotopic (exact) mass is 328 g/mol. The lowest BCUT2D eigenvalue weighted by Gasteiger charge is -2.11. The molecule has 0 bridgehead atoms. The van der Waals surface area contributed by atoms with Gasteiger partial charge in [0.2, 0.25) is 0 Å². The van der Waals surface area contributed by atoms with Gasteiger partial charge in [-0.2, -0.15) is 0 Å². The molecule has 24 heavy (non-hydrogen) atoms. The van der Waals surface area contributed by atoms with Crippen LogP contribution >= 0.6 is 0 Å². The number of para-hydroxylation sites is 2. The average molecular weight is 328 g/mol. The van der Waals surface area contributed by atoms with Crippen LogP contribution in [0.25, 0.3) is 0 Å². The molecule has 2 aromatic rings. The van der Waals surface area contributed by atoms with Crippen LogP contribution in [-0.2, 0) is 4.74 Å². The third kappa shape index (κ3) is 4.59. The van der Waals surface area contributed by atoms with Crippen molar-refractivity contribution in [3.8, 4) is 11.5 Å². The number of hydrogen-bond acceptors (Lipinski definition) is 5. The summed E-state index contributed by atoms with van der Waals surface area (Å²) < 4.78 is 10.5. The fourth-order valence-electron chi connectivity index (χ4n) is 1.99. The number of rotatable bonds is 6. The van der Waals surface area contributed by atoms with Crippen molar-refractivity contribution in [1.82, 2.24) is 0 Å². The van der Waals surface area contributed by atoms with Crippen molar-refractivity contribution in [2.75, 3.05) is 6.61 Å². The summed E-state index contributed by atoms with van der Waals surface area (Å²) >= 11 is 0. The topological polar surface area (TPSA) is 72.8 Å². The number of ether oxygens (including phenoxy) is 2. The summed E-state index contributed by atoms with van der Waals surface area (Å²) in [5.41, 5.74) is 0.200. The molecular weight excluding hydrogens is 308 g/mol. The third-order valence-electron chi connectivity index (χ3n) is 3.36. The van der Waals surface area contributed by atoms with E-state index in [9.17, 15) is 14.7 Å². The first-order valence-electron chi connectivity index (χ1n) is 7.75. The van der Waals surface area contributed by atoms with Gasteiger partial charge >= 0.3 is 11.9 Å². The second kappa shape index (κ2) is 8.15. The molecule has 0 spiro atoms. The summed E-state index contributed by atoms with van der Waals surface area (Å²) in [6.07, 6.45) is 0.756. The van der Waals surface area contributed by atoms with E-state index in [-0.39, 0.29) is 22.6 Å². The van der Waals surface area contributed by atoms with E-state index in [0.29, 0.717) is 12.5 Å². The van der Waals surface area contributed by atoms with E-state index in [1.165, 1.54) is 24.3 Å². The van der Waals surface area contributed by atoms with Crippen molar-refractivity contribution >= 4 is 11.9 Å². The Kier molecular flexibility index (Phi) is 5.95. The summed E-state index contributed by atoms with van der Waals surface area (Å²) in [7, 11) is 0. The van der Waals surface area contributed by atoms with Gasteiger partial charge in [-0.3, -0.25) is 0 Å². The maximum atomic E-state index is 12.2. The summed E-state index contributed by atoms with van der Waals surface area (Å²) in [5.74, 6) is -0.946. The van der Waals surface area contributed by atoms with Gasteiger partial charge < -0.3 is 14.6 Å². The van der Waals surface area contributed by atoms with E-state index in [1.807, 2.05) is 13.8 Å². The van der Waals surface area contributed by atoms with Crippen LogP contribution < -0.4 is 4.74 Å². The van der Waals surface area contributed by atoms with Crippen LogP contribution in [0.15, 0.2) is 48.5 Å². The van der Waals surface area contributed by atoms with Crippen LogP contribution in [0.1, 0.15) is 41.0 Å². The van der Waals surface area contributed by atoms with E-state index >= 15 is 0 Å². The molecule has 0 aliphatic heterocycles. The van der Waals surface area contributed by atoms with Gasteiger partial charge in [0.1, 0.15) is 22.6 Å². The molecule has 0 saturated carbocycles. The van der Waals surface area contributed by atoms with Gasteiger partial charge in [-0.25, -0.2) is 9.59 Å². The Balaban J connectivity index is 2.12. The molecule has 2 rings (SSSR count). The lowest BCUT2D eigenvalue weighted by molar-refractivity contribution is 0.0483. The van der Waals surface area contributed by atoms with Gasteiger partial charge in [-0.15, -0.1) is 0 Å². The van der Waals surface area contributed by atoms with Crippen LogP contribution in [0, 0.1) is 5.92 Å². The van der Waals surface area contributed by atoms with E-state index in [4.69, 9.17) is 9.47 Å². The Morgan fingerprint density at radius 1 is 0.958 bits per heavy atom. The molecule has 0 heterocycles. The number of phenolic OH excluding ortho intramolecular Hbond substituents is 1. The van der Waals surface area contributed by atoms with Crippen molar-refractivity contribution in [2.24, 2.45) is 5.92 Å². The van der Waals surface area contributed by atoms with Gasteiger partial charge in [0, 0.05) is 0 Å². The Morgan fingerprint density at radius 2 is 1.58 bits per heavy atom. The van der Waals surface area contributed by atoms with Gasteiger partial charge in [0.15, 0.2) is 0 Å². The van der Waals surface area contributed by atoms with Crippen molar-refractivity contribution in [1.29, 1.82) is 0 Å². The quantitative estimate of drug-likeness (QED) is 0.645. The van der Waals surface area contributed by atoms with E-state index in [0.717, 1.165) is 6.42 Å². The fraction of sp³-hybridized carbons (Fsp3) is 0.263. The van der Waals surface area contributed by atoms with Gasteiger partial charge in [0.05, 0.1) is 6.61 Å². The number of esters is 2. The molecule has 126 valence electrons. The summed E-state index contributed by atoms with van der Waals surface area (Å²) in [6.45, 7) is 4.38. The highest BCUT2D eigenvalue weighted by atomic mass is 16.5. The van der Waals surface area contributed by atoms with Crippen molar-refractivity contribution < 1.29 is 24.2 Å². The largest absolute Gasteiger partial charge is 0.507 e. The highest BCUT2D eigenvalue weighted by molar-refractivity contribution is 5.97. The van der Waals surface area contributed by atoms with Gasteiger partial charge in [-0.05, 0) is 36.6 Å². The smallest absolute Gasteiger partial charge is 0.347 e. The Morgan fingerprint density at radius 3 is 2.25 bits per heavy atom. The maximum Gasteiger partial charge on any atom is 0.347 e. The first kappa shape index (κ1) is 17.5. The molecule has 2 aromatic carbocycles. The minimum Gasteiger partial charge on any atom is -0.507 e. The molecule has 0 aliphatic carbocycles. The molecule has 0 unspecified atom stereocenters. The molecule has 0 fully saturated rings. The first-order valence-corrected chi connectivity index (χ1v) is 7.75. The normalized spacial score (nSPS) is 10.5. The zero-order valence-corrected chi connectivity index (χ0v) is 13.7.